The molecule has 1 saturated heterocycles. The largest absolute Gasteiger partial charge is 0.368 e. The van der Waals surface area contributed by atoms with E-state index in [1.165, 1.54) is 24.6 Å². The smallest absolute Gasteiger partial charge is 0.276 e. The third-order valence-electron chi connectivity index (χ3n) is 9.35. The van der Waals surface area contributed by atoms with E-state index < -0.39 is 17.3 Å². The molecule has 1 amide bonds. The first-order valence-corrected chi connectivity index (χ1v) is 15.3. The zero-order valence-corrected chi connectivity index (χ0v) is 25.5. The van der Waals surface area contributed by atoms with Crippen LogP contribution < -0.4 is 25.6 Å². The van der Waals surface area contributed by atoms with Crippen LogP contribution in [0.5, 0.6) is 0 Å². The number of halogens is 1. The van der Waals surface area contributed by atoms with E-state index in [1.54, 1.807) is 12.1 Å². The maximum Gasteiger partial charge on any atom is 0.276 e. The number of nitrogens with one attached hydrogen (secondary N) is 1. The molecule has 3 heterocycles. The van der Waals surface area contributed by atoms with Gasteiger partial charge in [-0.05, 0) is 66.0 Å². The number of para-hydroxylation sites is 1. The van der Waals surface area contributed by atoms with Gasteiger partial charge in [-0.1, -0.05) is 56.3 Å². The van der Waals surface area contributed by atoms with Gasteiger partial charge >= 0.3 is 0 Å². The highest BCUT2D eigenvalue weighted by atomic mass is 19.1. The number of hydrogen-bond donors (Lipinski definition) is 1. The molecule has 44 heavy (non-hydrogen) atoms. The van der Waals surface area contributed by atoms with Crippen molar-refractivity contribution in [2.24, 2.45) is 17.8 Å². The summed E-state index contributed by atoms with van der Waals surface area (Å²) in [5.41, 5.74) is 5.11. The Kier molecular flexibility index (Phi) is 6.91. The Labute approximate surface area is 256 Å². The first-order valence-electron chi connectivity index (χ1n) is 15.3. The van der Waals surface area contributed by atoms with Gasteiger partial charge in [-0.15, -0.1) is 0 Å². The van der Waals surface area contributed by atoms with Crippen LogP contribution in [-0.2, 0) is 6.42 Å². The van der Waals surface area contributed by atoms with Crippen molar-refractivity contribution in [3.05, 3.63) is 106 Å². The van der Waals surface area contributed by atoms with Crippen molar-refractivity contribution in [3.8, 4) is 5.69 Å². The lowest BCUT2D eigenvalue weighted by Crippen LogP contribution is -2.43. The number of piperidine rings is 1. The third-order valence-corrected chi connectivity index (χ3v) is 9.35. The van der Waals surface area contributed by atoms with Gasteiger partial charge in [0.1, 0.15) is 23.4 Å². The van der Waals surface area contributed by atoms with Gasteiger partial charge in [-0.25, -0.2) is 4.39 Å². The molecular formula is C35H37FN6O2. The Bertz CT molecular complexity index is 1800. The molecule has 0 radical (unpaired) electrons. The van der Waals surface area contributed by atoms with Crippen molar-refractivity contribution >= 4 is 28.7 Å². The molecule has 1 aliphatic carbocycles. The van der Waals surface area contributed by atoms with E-state index in [-0.39, 0.29) is 17.5 Å². The second-order valence-corrected chi connectivity index (χ2v) is 12.7. The lowest BCUT2D eigenvalue weighted by molar-refractivity contribution is 0.102. The standard InChI is InChI=1S/C35H37FN6O2/c1-21(2)35-39(3)29-15-13-27(32(33(29)40(35)4)41-19-24-18-25(24)20-41)37-34(44)28-14-16-30(43)42(38-28)31-23(11-8-12-26(31)36)17-22-9-6-5-7-10-22/h5-16,21,24-25,35H,17-20H2,1-4H3,(H,37,44). The molecule has 1 saturated carbocycles. The fourth-order valence-corrected chi connectivity index (χ4v) is 7.27. The third kappa shape index (κ3) is 4.80. The number of aromatic nitrogens is 2. The molecule has 8 nitrogen and oxygen atoms in total. The van der Waals surface area contributed by atoms with Gasteiger partial charge in [-0.2, -0.15) is 9.78 Å². The van der Waals surface area contributed by atoms with Crippen LogP contribution in [-0.4, -0.2) is 49.0 Å². The van der Waals surface area contributed by atoms with Gasteiger partial charge < -0.3 is 20.0 Å². The highest BCUT2D eigenvalue weighted by molar-refractivity contribution is 6.07. The van der Waals surface area contributed by atoms with Crippen LogP contribution in [0.25, 0.3) is 5.69 Å². The first kappa shape index (κ1) is 28.1. The van der Waals surface area contributed by atoms with Crippen molar-refractivity contribution in [1.29, 1.82) is 0 Å². The van der Waals surface area contributed by atoms with E-state index in [9.17, 15) is 9.59 Å². The monoisotopic (exact) mass is 592 g/mol. The highest BCUT2D eigenvalue weighted by Crippen LogP contribution is 2.54. The molecule has 0 bridgehead atoms. The summed E-state index contributed by atoms with van der Waals surface area (Å²) in [4.78, 5) is 33.9. The summed E-state index contributed by atoms with van der Waals surface area (Å²) in [6.07, 6.45) is 1.88. The molecule has 3 aliphatic rings. The normalized spacial score (nSPS) is 20.2. The molecule has 4 aromatic rings. The molecule has 9 heteroatoms. The Balaban J connectivity index is 1.25. The minimum Gasteiger partial charge on any atom is -0.368 e. The summed E-state index contributed by atoms with van der Waals surface area (Å²) in [6.45, 7) is 6.37. The first-order chi connectivity index (χ1) is 21.2. The van der Waals surface area contributed by atoms with E-state index in [2.05, 4.69) is 59.1 Å². The Morgan fingerprint density at radius 2 is 1.66 bits per heavy atom. The predicted octanol–water partition coefficient (Wildman–Crippen LogP) is 5.54. The van der Waals surface area contributed by atoms with Crippen molar-refractivity contribution in [2.45, 2.75) is 32.9 Å². The van der Waals surface area contributed by atoms with Gasteiger partial charge in [0.25, 0.3) is 11.5 Å². The average Bonchev–Trinajstić information content (AvgIpc) is 3.52. The molecule has 3 atom stereocenters. The highest BCUT2D eigenvalue weighted by Gasteiger charge is 2.47. The maximum absolute atomic E-state index is 15.3. The van der Waals surface area contributed by atoms with E-state index in [0.29, 0.717) is 35.4 Å². The number of carbonyl (C=O) groups excluding carboxylic acids is 1. The second kappa shape index (κ2) is 10.8. The minimum atomic E-state index is -0.578. The SMILES string of the molecule is CC(C)C1N(C)c2ccc(NC(=O)c3ccc(=O)n(-c4c(F)cccc4Cc4ccccc4)n3)c(N3CC4CC4C3)c2N1C. The van der Waals surface area contributed by atoms with Crippen molar-refractivity contribution < 1.29 is 9.18 Å². The van der Waals surface area contributed by atoms with Crippen LogP contribution in [0.15, 0.2) is 77.6 Å². The number of carbonyl (C=O) groups is 1. The quantitative estimate of drug-likeness (QED) is 0.304. The molecule has 3 unspecified atom stereocenters. The fourth-order valence-electron chi connectivity index (χ4n) is 7.27. The molecule has 2 aliphatic heterocycles. The van der Waals surface area contributed by atoms with Crippen molar-refractivity contribution in [1.82, 2.24) is 9.78 Å². The molecule has 226 valence electrons. The van der Waals surface area contributed by atoms with Crippen molar-refractivity contribution in [3.63, 3.8) is 0 Å². The number of nitrogens with zero attached hydrogens (tertiary/aromatic N) is 5. The van der Waals surface area contributed by atoms with Crippen molar-refractivity contribution in [2.75, 3.05) is 47.2 Å². The Morgan fingerprint density at radius 3 is 2.39 bits per heavy atom. The minimum absolute atomic E-state index is 0.0276. The Morgan fingerprint density at radius 1 is 0.909 bits per heavy atom. The fraction of sp³-hybridized carbons (Fsp3) is 0.343. The van der Waals surface area contributed by atoms with E-state index in [1.807, 2.05) is 36.4 Å². The summed E-state index contributed by atoms with van der Waals surface area (Å²) >= 11 is 0. The molecule has 3 aromatic carbocycles. The number of amides is 1. The summed E-state index contributed by atoms with van der Waals surface area (Å²) in [5, 5.41) is 7.52. The lowest BCUT2D eigenvalue weighted by atomic mass is 10.0. The summed E-state index contributed by atoms with van der Waals surface area (Å²) in [6, 6.07) is 21.1. The molecule has 1 aromatic heterocycles. The van der Waals surface area contributed by atoms with Crippen LogP contribution in [0.4, 0.5) is 27.1 Å². The topological polar surface area (TPSA) is 73.7 Å². The second-order valence-electron chi connectivity index (χ2n) is 12.7. The van der Waals surface area contributed by atoms with Gasteiger partial charge in [0.05, 0.1) is 22.7 Å². The van der Waals surface area contributed by atoms with Crippen LogP contribution in [0, 0.1) is 23.6 Å². The predicted molar refractivity (Wildman–Crippen MR) is 173 cm³/mol. The van der Waals surface area contributed by atoms with Gasteiger partial charge in [0.15, 0.2) is 0 Å². The van der Waals surface area contributed by atoms with Crippen LogP contribution in [0.2, 0.25) is 0 Å². The van der Waals surface area contributed by atoms with E-state index in [4.69, 9.17) is 0 Å². The van der Waals surface area contributed by atoms with Gasteiger partial charge in [0, 0.05) is 33.3 Å². The molecule has 1 N–H and O–H groups in total. The number of hydrogen-bond acceptors (Lipinski definition) is 6. The summed E-state index contributed by atoms with van der Waals surface area (Å²) in [5.74, 6) is 0.767. The average molecular weight is 593 g/mol. The number of rotatable bonds is 7. The summed E-state index contributed by atoms with van der Waals surface area (Å²) < 4.78 is 16.3. The van der Waals surface area contributed by atoms with Crippen LogP contribution in [0.1, 0.15) is 41.9 Å². The number of anilines is 4. The van der Waals surface area contributed by atoms with E-state index >= 15 is 4.39 Å². The van der Waals surface area contributed by atoms with Gasteiger partial charge in [-0.3, -0.25) is 9.59 Å². The molecular weight excluding hydrogens is 555 g/mol. The maximum atomic E-state index is 15.3. The zero-order valence-electron chi connectivity index (χ0n) is 25.5. The van der Waals surface area contributed by atoms with Gasteiger partial charge in [0.2, 0.25) is 0 Å². The number of benzene rings is 3. The van der Waals surface area contributed by atoms with E-state index in [0.717, 1.165) is 40.4 Å². The molecule has 2 fully saturated rings. The van der Waals surface area contributed by atoms with Crippen LogP contribution in [0.3, 0.4) is 0 Å². The molecule has 7 rings (SSSR count). The zero-order chi connectivity index (χ0) is 30.7. The number of fused-ring (bicyclic) bond motifs is 2. The lowest BCUT2D eigenvalue weighted by Gasteiger charge is -2.32. The summed E-state index contributed by atoms with van der Waals surface area (Å²) in [7, 11) is 4.25. The molecule has 0 spiro atoms. The van der Waals surface area contributed by atoms with Crippen LogP contribution >= 0.6 is 0 Å². The Hall–Kier alpha value is -4.66.